The molecule has 2 heterocycles. The molecule has 13 heteroatoms. The van der Waals surface area contributed by atoms with E-state index < -0.39 is 38.5 Å². The Labute approximate surface area is 253 Å². The van der Waals surface area contributed by atoms with Crippen molar-refractivity contribution in [3.8, 4) is 5.75 Å². The van der Waals surface area contributed by atoms with E-state index in [-0.39, 0.29) is 18.0 Å². The molecule has 1 aliphatic heterocycles. The number of rotatable bonds is 9. The van der Waals surface area contributed by atoms with Gasteiger partial charge in [0.25, 0.3) is 0 Å². The molecule has 0 bridgehead atoms. The van der Waals surface area contributed by atoms with E-state index in [4.69, 9.17) is 4.74 Å². The molecule has 5 rings (SSSR count). The topological polar surface area (TPSA) is 98.1 Å². The maximum Gasteiger partial charge on any atom is 0.416 e. The van der Waals surface area contributed by atoms with E-state index in [9.17, 15) is 26.0 Å². The van der Waals surface area contributed by atoms with Crippen molar-refractivity contribution in [3.63, 3.8) is 0 Å². The zero-order valence-electron chi connectivity index (χ0n) is 24.4. The smallest absolute Gasteiger partial charge is 0.416 e. The second-order valence-corrected chi connectivity index (χ2v) is 13.5. The van der Waals surface area contributed by atoms with Crippen molar-refractivity contribution in [1.29, 1.82) is 0 Å². The number of nitrogens with one attached hydrogen (secondary N) is 2. The van der Waals surface area contributed by atoms with Gasteiger partial charge >= 0.3 is 6.18 Å². The van der Waals surface area contributed by atoms with Crippen LogP contribution in [-0.2, 0) is 29.2 Å². The van der Waals surface area contributed by atoms with Crippen LogP contribution in [-0.4, -0.2) is 35.6 Å². The highest BCUT2D eigenvalue weighted by Crippen LogP contribution is 2.36. The van der Waals surface area contributed by atoms with E-state index in [1.165, 1.54) is 24.3 Å². The fourth-order valence-electron chi connectivity index (χ4n) is 4.95. The van der Waals surface area contributed by atoms with Crippen molar-refractivity contribution < 1.29 is 30.7 Å². The largest absolute Gasteiger partial charge is 0.493 e. The van der Waals surface area contributed by atoms with Gasteiger partial charge in [0.05, 0.1) is 34.8 Å². The Morgan fingerprint density at radius 3 is 2.50 bits per heavy atom. The summed E-state index contributed by atoms with van der Waals surface area (Å²) in [6, 6.07) is 13.6. The lowest BCUT2D eigenvalue weighted by Gasteiger charge is -2.27. The Balaban J connectivity index is 1.39. The zero-order valence-corrected chi connectivity index (χ0v) is 25.2. The minimum atomic E-state index is -4.71. The second kappa shape index (κ2) is 12.3. The van der Waals surface area contributed by atoms with Gasteiger partial charge in [0, 0.05) is 36.7 Å². The van der Waals surface area contributed by atoms with Gasteiger partial charge in [0.2, 0.25) is 10.0 Å². The van der Waals surface area contributed by atoms with Gasteiger partial charge in [-0.3, -0.25) is 0 Å². The molecule has 0 spiro atoms. The molecule has 8 nitrogen and oxygen atoms in total. The van der Waals surface area contributed by atoms with Crippen molar-refractivity contribution in [2.75, 3.05) is 6.61 Å². The first-order chi connectivity index (χ1) is 20.7. The van der Waals surface area contributed by atoms with Crippen molar-refractivity contribution >= 4 is 10.0 Å². The van der Waals surface area contributed by atoms with Crippen LogP contribution in [0.5, 0.6) is 5.75 Å². The highest BCUT2D eigenvalue weighted by atomic mass is 32.2. The Hall–Kier alpha value is -3.81. The molecule has 0 amide bonds. The molecule has 0 radical (unpaired) electrons. The minimum absolute atomic E-state index is 0.0112. The molecule has 4 aromatic rings. The van der Waals surface area contributed by atoms with E-state index in [1.54, 1.807) is 10.9 Å². The summed E-state index contributed by atoms with van der Waals surface area (Å²) >= 11 is 0. The number of alkyl halides is 3. The first-order valence-corrected chi connectivity index (χ1v) is 15.5. The summed E-state index contributed by atoms with van der Waals surface area (Å²) in [7, 11) is -4.41. The maximum atomic E-state index is 13.7. The highest BCUT2D eigenvalue weighted by molar-refractivity contribution is 7.89. The predicted molar refractivity (Wildman–Crippen MR) is 156 cm³/mol. The van der Waals surface area contributed by atoms with Crippen LogP contribution in [0.15, 0.2) is 77.8 Å². The quantitative estimate of drug-likeness (QED) is 0.222. The molecule has 0 saturated heterocycles. The fourth-order valence-corrected chi connectivity index (χ4v) is 6.22. The van der Waals surface area contributed by atoms with E-state index in [0.29, 0.717) is 36.9 Å². The normalized spacial score (nSPS) is 16.3. The Kier molecular flexibility index (Phi) is 8.83. The number of ether oxygens (including phenoxy) is 1. The number of halogens is 4. The molecule has 1 aliphatic rings. The first-order valence-electron chi connectivity index (χ1n) is 14.0. The van der Waals surface area contributed by atoms with Crippen molar-refractivity contribution in [1.82, 2.24) is 25.0 Å². The summed E-state index contributed by atoms with van der Waals surface area (Å²) in [6.07, 6.45) is -2.35. The van der Waals surface area contributed by atoms with Crippen LogP contribution in [0.25, 0.3) is 0 Å². The average molecular weight is 632 g/mol. The molecular weight excluding hydrogens is 598 g/mol. The molecule has 2 N–H and O–H groups in total. The number of aromatic nitrogens is 3. The second-order valence-electron chi connectivity index (χ2n) is 11.8. The molecule has 3 aromatic carbocycles. The van der Waals surface area contributed by atoms with Crippen LogP contribution >= 0.6 is 0 Å². The van der Waals surface area contributed by atoms with Crippen molar-refractivity contribution in [2.45, 2.75) is 68.9 Å². The van der Waals surface area contributed by atoms with Crippen LogP contribution in [0.4, 0.5) is 17.6 Å². The lowest BCUT2D eigenvalue weighted by atomic mass is 9.98. The molecule has 0 aliphatic carbocycles. The molecule has 0 fully saturated rings. The van der Waals surface area contributed by atoms with Gasteiger partial charge in [0.1, 0.15) is 11.6 Å². The number of hydrogen-bond donors (Lipinski definition) is 2. The molecule has 2 atom stereocenters. The monoisotopic (exact) mass is 631 g/mol. The third-order valence-corrected chi connectivity index (χ3v) is 8.71. The zero-order chi connectivity index (χ0) is 31.7. The minimum Gasteiger partial charge on any atom is -0.493 e. The van der Waals surface area contributed by atoms with Crippen molar-refractivity contribution in [2.24, 2.45) is 0 Å². The fraction of sp³-hybridized carbons (Fsp3) is 0.355. The van der Waals surface area contributed by atoms with Gasteiger partial charge < -0.3 is 10.1 Å². The van der Waals surface area contributed by atoms with Gasteiger partial charge in [-0.2, -0.15) is 13.2 Å². The number of fused-ring (bicyclic) bond motifs is 1. The van der Waals surface area contributed by atoms with Gasteiger partial charge in [-0.1, -0.05) is 35.5 Å². The lowest BCUT2D eigenvalue weighted by molar-refractivity contribution is -0.137. The lowest BCUT2D eigenvalue weighted by Crippen LogP contribution is -2.35. The first kappa shape index (κ1) is 31.6. The summed E-state index contributed by atoms with van der Waals surface area (Å²) in [5.74, 6) is 0.235. The summed E-state index contributed by atoms with van der Waals surface area (Å²) < 4.78 is 90.2. The average Bonchev–Trinajstić information content (AvgIpc) is 3.43. The molecule has 1 aromatic heterocycles. The SMILES string of the molecule is CC(C)(C)NCc1ccc2c(c1)OCC[C@H]2n1cc(C[C@@H](NS(=O)(=O)c2cccc(C(F)(F)F)c2)c2ccc(F)cc2)nn1. The van der Waals surface area contributed by atoms with Crippen molar-refractivity contribution in [3.05, 3.63) is 107 Å². The Morgan fingerprint density at radius 1 is 1.05 bits per heavy atom. The van der Waals surface area contributed by atoms with E-state index in [0.717, 1.165) is 35.1 Å². The van der Waals surface area contributed by atoms with Crippen LogP contribution in [0, 0.1) is 5.82 Å². The van der Waals surface area contributed by atoms with E-state index in [1.807, 2.05) is 18.2 Å². The Bertz CT molecular complexity index is 1720. The predicted octanol–water partition coefficient (Wildman–Crippen LogP) is 5.96. The van der Waals surface area contributed by atoms with Crippen LogP contribution in [0.1, 0.15) is 67.2 Å². The highest BCUT2D eigenvalue weighted by Gasteiger charge is 2.32. The van der Waals surface area contributed by atoms with Gasteiger partial charge in [-0.05, 0) is 68.3 Å². The molecular formula is C31H33F4N5O3S. The number of hydrogen-bond acceptors (Lipinski definition) is 6. The summed E-state index contributed by atoms with van der Waals surface area (Å²) in [4.78, 5) is -0.543. The molecule has 44 heavy (non-hydrogen) atoms. The Morgan fingerprint density at radius 2 is 1.80 bits per heavy atom. The standard InChI is InChI=1S/C31H33F4N5O3S/c1-30(2,3)36-18-20-7-12-26-28(13-14-43-29(26)15-20)40-19-24(37-39-40)17-27(21-8-10-23(32)11-9-21)38-44(41,42)25-6-4-5-22(16-25)31(33,34)35/h4-12,15-16,19,27-28,36,38H,13-14,17-18H2,1-3H3/t27-,28-/m1/s1. The summed E-state index contributed by atoms with van der Waals surface area (Å²) in [6.45, 7) is 7.43. The number of benzene rings is 3. The van der Waals surface area contributed by atoms with Crippen LogP contribution < -0.4 is 14.8 Å². The maximum absolute atomic E-state index is 13.7. The van der Waals surface area contributed by atoms with Crippen LogP contribution in [0.3, 0.4) is 0 Å². The van der Waals surface area contributed by atoms with E-state index in [2.05, 4.69) is 41.1 Å². The van der Waals surface area contributed by atoms with Gasteiger partial charge in [0.15, 0.2) is 0 Å². The molecule has 234 valence electrons. The number of sulfonamides is 1. The number of nitrogens with zero attached hydrogens (tertiary/aromatic N) is 3. The van der Waals surface area contributed by atoms with Gasteiger partial charge in [-0.15, -0.1) is 5.10 Å². The molecule has 0 saturated carbocycles. The third-order valence-electron chi connectivity index (χ3n) is 7.24. The third kappa shape index (κ3) is 7.63. The summed E-state index contributed by atoms with van der Waals surface area (Å²) in [5.41, 5.74) is 1.73. The summed E-state index contributed by atoms with van der Waals surface area (Å²) in [5, 5.41) is 12.1. The molecule has 0 unspecified atom stereocenters. The van der Waals surface area contributed by atoms with Crippen LogP contribution in [0.2, 0.25) is 0 Å². The van der Waals surface area contributed by atoms with Gasteiger partial charge in [-0.25, -0.2) is 22.2 Å². The van der Waals surface area contributed by atoms with E-state index >= 15 is 0 Å².